The maximum absolute atomic E-state index is 5.82. The van der Waals surface area contributed by atoms with Gasteiger partial charge in [-0.05, 0) is 40.9 Å². The standard InChI is InChI=1S/C17H28N6O/c1-17(2,3)23-13-15(20-21-23)11-19-10-14-6-7-18-12-16(14)24-9-8-22(4)5/h6-7,12-13,19H,8-11H2,1-5H3. The molecule has 132 valence electrons. The molecule has 2 aromatic rings. The highest BCUT2D eigenvalue weighted by molar-refractivity contribution is 5.29. The molecule has 0 fully saturated rings. The van der Waals surface area contributed by atoms with Crippen LogP contribution < -0.4 is 10.1 Å². The normalized spacial score (nSPS) is 11.9. The molecule has 2 aromatic heterocycles. The predicted molar refractivity (Wildman–Crippen MR) is 93.8 cm³/mol. The lowest BCUT2D eigenvalue weighted by molar-refractivity contribution is 0.258. The van der Waals surface area contributed by atoms with E-state index in [9.17, 15) is 0 Å². The summed E-state index contributed by atoms with van der Waals surface area (Å²) in [6, 6.07) is 1.98. The van der Waals surface area contributed by atoms with Crippen LogP contribution in [0, 0.1) is 0 Å². The van der Waals surface area contributed by atoms with Gasteiger partial charge in [0.05, 0.1) is 23.6 Å². The molecule has 0 saturated carbocycles. The Balaban J connectivity index is 1.87. The van der Waals surface area contributed by atoms with Crippen LogP contribution in [0.2, 0.25) is 0 Å². The molecule has 0 saturated heterocycles. The van der Waals surface area contributed by atoms with Crippen molar-refractivity contribution in [3.05, 3.63) is 35.9 Å². The third-order valence-electron chi connectivity index (χ3n) is 3.52. The molecule has 0 aliphatic rings. The first-order valence-electron chi connectivity index (χ1n) is 8.19. The minimum absolute atomic E-state index is 0.0518. The van der Waals surface area contributed by atoms with E-state index in [1.807, 2.05) is 31.0 Å². The molecule has 0 bridgehead atoms. The molecule has 2 rings (SSSR count). The second-order valence-corrected chi connectivity index (χ2v) is 7.06. The van der Waals surface area contributed by atoms with Crippen molar-refractivity contribution < 1.29 is 4.74 Å². The number of nitrogens with one attached hydrogen (secondary N) is 1. The van der Waals surface area contributed by atoms with Crippen LogP contribution in [0.15, 0.2) is 24.7 Å². The summed E-state index contributed by atoms with van der Waals surface area (Å²) in [4.78, 5) is 6.24. The summed E-state index contributed by atoms with van der Waals surface area (Å²) in [7, 11) is 4.06. The Morgan fingerprint density at radius 1 is 1.25 bits per heavy atom. The third-order valence-corrected chi connectivity index (χ3v) is 3.52. The Kier molecular flexibility index (Phi) is 6.28. The van der Waals surface area contributed by atoms with Crippen molar-refractivity contribution >= 4 is 0 Å². The van der Waals surface area contributed by atoms with Crippen molar-refractivity contribution in [1.29, 1.82) is 0 Å². The Hall–Kier alpha value is -1.99. The SMILES string of the molecule is CN(C)CCOc1cnccc1CNCc1cn(C(C)(C)C)nn1. The van der Waals surface area contributed by atoms with Crippen molar-refractivity contribution in [2.45, 2.75) is 39.4 Å². The smallest absolute Gasteiger partial charge is 0.142 e. The average molecular weight is 332 g/mol. The first-order valence-corrected chi connectivity index (χ1v) is 8.19. The second kappa shape index (κ2) is 8.21. The van der Waals surface area contributed by atoms with Crippen LogP contribution in [0.1, 0.15) is 32.0 Å². The Bertz CT molecular complexity index is 632. The lowest BCUT2D eigenvalue weighted by Crippen LogP contribution is -2.22. The summed E-state index contributed by atoms with van der Waals surface area (Å²) in [6.45, 7) is 9.19. The number of rotatable bonds is 8. The van der Waals surface area contributed by atoms with Gasteiger partial charge in [0.1, 0.15) is 12.4 Å². The zero-order chi connectivity index (χ0) is 17.6. The number of aromatic nitrogens is 4. The Morgan fingerprint density at radius 2 is 2.04 bits per heavy atom. The molecule has 0 amide bonds. The quantitative estimate of drug-likeness (QED) is 0.793. The van der Waals surface area contributed by atoms with E-state index in [1.54, 1.807) is 12.4 Å². The minimum Gasteiger partial charge on any atom is -0.490 e. The van der Waals surface area contributed by atoms with Gasteiger partial charge in [0.2, 0.25) is 0 Å². The van der Waals surface area contributed by atoms with Crippen molar-refractivity contribution in [3.63, 3.8) is 0 Å². The number of ether oxygens (including phenoxy) is 1. The van der Waals surface area contributed by atoms with Gasteiger partial charge in [-0.1, -0.05) is 5.21 Å². The van der Waals surface area contributed by atoms with Crippen molar-refractivity contribution in [1.82, 2.24) is 30.2 Å². The Labute approximate surface area is 144 Å². The van der Waals surface area contributed by atoms with E-state index < -0.39 is 0 Å². The maximum Gasteiger partial charge on any atom is 0.142 e. The van der Waals surface area contributed by atoms with Crippen LogP contribution in [-0.2, 0) is 18.6 Å². The van der Waals surface area contributed by atoms with Crippen LogP contribution in [0.25, 0.3) is 0 Å². The fraction of sp³-hybridized carbons (Fsp3) is 0.588. The molecule has 0 unspecified atom stereocenters. The molecule has 1 N–H and O–H groups in total. The number of hydrogen-bond acceptors (Lipinski definition) is 6. The van der Waals surface area contributed by atoms with Gasteiger partial charge in [-0.15, -0.1) is 5.10 Å². The second-order valence-electron chi connectivity index (χ2n) is 7.06. The van der Waals surface area contributed by atoms with E-state index in [1.165, 1.54) is 0 Å². The van der Waals surface area contributed by atoms with Crippen molar-refractivity contribution in [2.75, 3.05) is 27.2 Å². The van der Waals surface area contributed by atoms with Gasteiger partial charge in [-0.25, -0.2) is 4.68 Å². The van der Waals surface area contributed by atoms with Gasteiger partial charge in [-0.3, -0.25) is 4.98 Å². The molecular weight excluding hydrogens is 304 g/mol. The predicted octanol–water partition coefficient (Wildman–Crippen LogP) is 1.66. The van der Waals surface area contributed by atoms with E-state index in [0.29, 0.717) is 19.7 Å². The monoisotopic (exact) mass is 332 g/mol. The van der Waals surface area contributed by atoms with E-state index in [0.717, 1.165) is 23.6 Å². The van der Waals surface area contributed by atoms with E-state index in [2.05, 4.69) is 46.3 Å². The number of nitrogens with zero attached hydrogens (tertiary/aromatic N) is 5. The van der Waals surface area contributed by atoms with Gasteiger partial charge in [0.15, 0.2) is 0 Å². The summed E-state index contributed by atoms with van der Waals surface area (Å²) < 4.78 is 7.70. The molecule has 0 atom stereocenters. The molecule has 0 spiro atoms. The minimum atomic E-state index is -0.0518. The lowest BCUT2D eigenvalue weighted by Gasteiger charge is -2.17. The highest BCUT2D eigenvalue weighted by atomic mass is 16.5. The van der Waals surface area contributed by atoms with Gasteiger partial charge in [-0.2, -0.15) is 0 Å². The van der Waals surface area contributed by atoms with Gasteiger partial charge < -0.3 is 15.0 Å². The van der Waals surface area contributed by atoms with Crippen LogP contribution in [0.4, 0.5) is 0 Å². The zero-order valence-corrected chi connectivity index (χ0v) is 15.3. The highest BCUT2D eigenvalue weighted by Gasteiger charge is 2.14. The van der Waals surface area contributed by atoms with Crippen molar-refractivity contribution in [3.8, 4) is 5.75 Å². The zero-order valence-electron chi connectivity index (χ0n) is 15.3. The molecular formula is C17H28N6O. The van der Waals surface area contributed by atoms with E-state index >= 15 is 0 Å². The van der Waals surface area contributed by atoms with Gasteiger partial charge in [0.25, 0.3) is 0 Å². The molecule has 0 aliphatic carbocycles. The topological polar surface area (TPSA) is 68.1 Å². The highest BCUT2D eigenvalue weighted by Crippen LogP contribution is 2.16. The first-order chi connectivity index (χ1) is 11.4. The van der Waals surface area contributed by atoms with Crippen LogP contribution in [0.3, 0.4) is 0 Å². The number of hydrogen-bond donors (Lipinski definition) is 1. The van der Waals surface area contributed by atoms with Crippen molar-refractivity contribution in [2.24, 2.45) is 0 Å². The van der Waals surface area contributed by atoms with Crippen LogP contribution in [-0.4, -0.2) is 52.1 Å². The molecule has 24 heavy (non-hydrogen) atoms. The molecule has 7 nitrogen and oxygen atoms in total. The fourth-order valence-corrected chi connectivity index (χ4v) is 2.06. The summed E-state index contributed by atoms with van der Waals surface area (Å²) in [5, 5.41) is 11.8. The fourth-order valence-electron chi connectivity index (χ4n) is 2.06. The maximum atomic E-state index is 5.82. The molecule has 7 heteroatoms. The molecule has 0 aromatic carbocycles. The third kappa shape index (κ3) is 5.58. The van der Waals surface area contributed by atoms with E-state index in [4.69, 9.17) is 4.74 Å². The summed E-state index contributed by atoms with van der Waals surface area (Å²) in [6.07, 6.45) is 5.53. The first kappa shape index (κ1) is 18.4. The van der Waals surface area contributed by atoms with Crippen LogP contribution in [0.5, 0.6) is 5.75 Å². The number of likely N-dealkylation sites (N-methyl/N-ethyl adjacent to an activating group) is 1. The molecule has 2 heterocycles. The lowest BCUT2D eigenvalue weighted by atomic mass is 10.1. The average Bonchev–Trinajstić information content (AvgIpc) is 2.97. The largest absolute Gasteiger partial charge is 0.490 e. The molecule has 0 radical (unpaired) electrons. The summed E-state index contributed by atoms with van der Waals surface area (Å²) in [5.74, 6) is 0.824. The summed E-state index contributed by atoms with van der Waals surface area (Å²) in [5.41, 5.74) is 1.96. The summed E-state index contributed by atoms with van der Waals surface area (Å²) >= 11 is 0. The Morgan fingerprint density at radius 3 is 2.71 bits per heavy atom. The van der Waals surface area contributed by atoms with Gasteiger partial charge in [0, 0.05) is 31.4 Å². The van der Waals surface area contributed by atoms with E-state index in [-0.39, 0.29) is 5.54 Å². The molecule has 0 aliphatic heterocycles. The van der Waals surface area contributed by atoms with Gasteiger partial charge >= 0.3 is 0 Å². The number of pyridine rings is 1. The van der Waals surface area contributed by atoms with Crippen LogP contribution >= 0.6 is 0 Å².